The van der Waals surface area contributed by atoms with Gasteiger partial charge in [0, 0.05) is 49.6 Å². The van der Waals surface area contributed by atoms with Gasteiger partial charge in [-0.05, 0) is 0 Å². The zero-order valence-corrected chi connectivity index (χ0v) is 15.3. The quantitative estimate of drug-likeness (QED) is 0.319. The van der Waals surface area contributed by atoms with E-state index in [0.717, 1.165) is 0 Å². The van der Waals surface area contributed by atoms with E-state index in [2.05, 4.69) is 26.3 Å². The van der Waals surface area contributed by atoms with E-state index in [1.807, 2.05) is 0 Å². The van der Waals surface area contributed by atoms with Crippen LogP contribution < -0.4 is 20.4 Å². The summed E-state index contributed by atoms with van der Waals surface area (Å²) in [4.78, 5) is 37.7. The maximum Gasteiger partial charge on any atom is 4.00 e. The molecule has 0 saturated heterocycles. The molecular weight excluding hydrogens is 368 g/mol. The fourth-order valence-electron chi connectivity index (χ4n) is 0.471. The monoisotopic (exact) mass is 388 g/mol. The SMILES string of the molecule is C=CCC(=O)[O-].C=CCC(=O)[O-].C=CCC(=O)[O-].C=CCC(=O)[O-].[Ti+4]. The maximum atomic E-state index is 9.42. The van der Waals surface area contributed by atoms with E-state index in [0.29, 0.717) is 0 Å². The molecule has 25 heavy (non-hydrogen) atoms. The average molecular weight is 388 g/mol. The van der Waals surface area contributed by atoms with Gasteiger partial charge in [0.15, 0.2) is 0 Å². The van der Waals surface area contributed by atoms with E-state index >= 15 is 0 Å². The van der Waals surface area contributed by atoms with E-state index < -0.39 is 23.9 Å². The molecule has 0 heterocycles. The number of hydrogen-bond acceptors (Lipinski definition) is 8. The molecule has 0 spiro atoms. The van der Waals surface area contributed by atoms with Crippen LogP contribution in [0.25, 0.3) is 0 Å². The second-order valence-electron chi connectivity index (χ2n) is 3.46. The summed E-state index contributed by atoms with van der Waals surface area (Å²) in [6.45, 7) is 12.7. The van der Waals surface area contributed by atoms with E-state index in [-0.39, 0.29) is 47.4 Å². The van der Waals surface area contributed by atoms with Crippen LogP contribution in [0.5, 0.6) is 0 Å². The molecule has 0 N–H and O–H groups in total. The largest absolute Gasteiger partial charge is 4.00 e. The summed E-state index contributed by atoms with van der Waals surface area (Å²) >= 11 is 0. The number of carbonyl (C=O) groups is 4. The molecular formula is C16H20O8Ti. The Hall–Kier alpha value is -2.45. The molecule has 0 aliphatic carbocycles. The predicted molar refractivity (Wildman–Crippen MR) is 79.3 cm³/mol. The van der Waals surface area contributed by atoms with Gasteiger partial charge >= 0.3 is 21.7 Å². The first kappa shape index (κ1) is 34.0. The van der Waals surface area contributed by atoms with Gasteiger partial charge in [0.05, 0.1) is 0 Å². The molecule has 0 aliphatic rings. The van der Waals surface area contributed by atoms with Crippen molar-refractivity contribution in [3.8, 4) is 0 Å². The molecule has 8 nitrogen and oxygen atoms in total. The first-order valence-corrected chi connectivity index (χ1v) is 6.31. The Balaban J connectivity index is -0.0000000702. The fraction of sp³-hybridized carbons (Fsp3) is 0.250. The van der Waals surface area contributed by atoms with Crippen molar-refractivity contribution < 1.29 is 61.3 Å². The minimum atomic E-state index is -1.08. The van der Waals surface area contributed by atoms with Gasteiger partial charge in [-0.15, -0.1) is 26.3 Å². The third-order valence-corrected chi connectivity index (χ3v) is 1.24. The Kier molecular flexibility index (Phi) is 40.2. The van der Waals surface area contributed by atoms with Gasteiger partial charge in [-0.3, -0.25) is 0 Å². The van der Waals surface area contributed by atoms with Gasteiger partial charge in [-0.2, -0.15) is 0 Å². The number of carboxylic acid groups (broad SMARTS) is 4. The van der Waals surface area contributed by atoms with Gasteiger partial charge in [-0.1, -0.05) is 24.3 Å². The molecule has 0 aromatic heterocycles. The van der Waals surface area contributed by atoms with Crippen LogP contribution in [0, 0.1) is 0 Å². The fourth-order valence-corrected chi connectivity index (χ4v) is 0.471. The molecule has 0 bridgehead atoms. The van der Waals surface area contributed by atoms with Crippen LogP contribution >= 0.6 is 0 Å². The van der Waals surface area contributed by atoms with Crippen molar-refractivity contribution in [1.82, 2.24) is 0 Å². The zero-order valence-electron chi connectivity index (χ0n) is 13.7. The van der Waals surface area contributed by atoms with E-state index in [1.54, 1.807) is 0 Å². The Morgan fingerprint density at radius 2 is 0.640 bits per heavy atom. The third kappa shape index (κ3) is 90.3. The van der Waals surface area contributed by atoms with E-state index in [1.165, 1.54) is 24.3 Å². The molecule has 136 valence electrons. The van der Waals surface area contributed by atoms with Crippen molar-refractivity contribution in [2.75, 3.05) is 0 Å². The average Bonchev–Trinajstić information content (AvgIpc) is 2.39. The Bertz CT molecular complexity index is 350. The number of hydrogen-bond donors (Lipinski definition) is 0. The third-order valence-electron chi connectivity index (χ3n) is 1.24. The molecule has 0 atom stereocenters. The van der Waals surface area contributed by atoms with Crippen LogP contribution in [-0.2, 0) is 40.9 Å². The normalized spacial score (nSPS) is 7.04. The molecule has 0 rings (SSSR count). The van der Waals surface area contributed by atoms with E-state index in [9.17, 15) is 39.6 Å². The summed E-state index contributed by atoms with van der Waals surface area (Å²) < 4.78 is 0. The standard InChI is InChI=1S/4C4H6O2.Ti/c4*1-2-3-4(5)6;/h4*2H,1,3H2,(H,5,6);/q;;;;+4/p-4. The molecule has 0 aliphatic heterocycles. The first-order chi connectivity index (χ1) is 11.1. The summed E-state index contributed by atoms with van der Waals surface area (Å²) in [6.07, 6.45) is 4.93. The van der Waals surface area contributed by atoms with Gasteiger partial charge in [0.25, 0.3) is 0 Å². The number of rotatable bonds is 8. The van der Waals surface area contributed by atoms with Crippen LogP contribution in [0.15, 0.2) is 50.6 Å². The summed E-state index contributed by atoms with van der Waals surface area (Å²) in [5.74, 6) is -4.31. The van der Waals surface area contributed by atoms with Crippen LogP contribution in [0.4, 0.5) is 0 Å². The maximum absolute atomic E-state index is 9.42. The molecule has 0 unspecified atom stereocenters. The molecule has 0 fully saturated rings. The predicted octanol–water partition coefficient (Wildman–Crippen LogP) is -2.75. The molecule has 0 saturated carbocycles. The topological polar surface area (TPSA) is 161 Å². The smallest absolute Gasteiger partial charge is 0.550 e. The zero-order chi connectivity index (χ0) is 20.0. The summed E-state index contributed by atoms with van der Waals surface area (Å²) in [7, 11) is 0. The van der Waals surface area contributed by atoms with Crippen molar-refractivity contribution >= 4 is 23.9 Å². The second kappa shape index (κ2) is 29.6. The van der Waals surface area contributed by atoms with Gasteiger partial charge in [-0.25, -0.2) is 0 Å². The minimum Gasteiger partial charge on any atom is -0.550 e. The van der Waals surface area contributed by atoms with Gasteiger partial charge in [0.2, 0.25) is 0 Å². The van der Waals surface area contributed by atoms with Crippen molar-refractivity contribution in [2.45, 2.75) is 25.7 Å². The molecule has 0 aromatic carbocycles. The van der Waals surface area contributed by atoms with E-state index in [4.69, 9.17) is 0 Å². The molecule has 0 aromatic rings. The van der Waals surface area contributed by atoms with Gasteiger partial charge < -0.3 is 39.6 Å². The Labute approximate surface area is 161 Å². The van der Waals surface area contributed by atoms with Crippen LogP contribution in [0.1, 0.15) is 25.7 Å². The summed E-state index contributed by atoms with van der Waals surface area (Å²) in [5.41, 5.74) is 0. The van der Waals surface area contributed by atoms with Crippen molar-refractivity contribution in [1.29, 1.82) is 0 Å². The summed E-state index contributed by atoms with van der Waals surface area (Å²) in [5, 5.41) is 37.7. The summed E-state index contributed by atoms with van der Waals surface area (Å²) in [6, 6.07) is 0. The number of carboxylic acids is 4. The number of carbonyl (C=O) groups excluding carboxylic acids is 4. The van der Waals surface area contributed by atoms with Crippen LogP contribution in [0.2, 0.25) is 0 Å². The first-order valence-electron chi connectivity index (χ1n) is 6.31. The van der Waals surface area contributed by atoms with Gasteiger partial charge in [0.1, 0.15) is 0 Å². The van der Waals surface area contributed by atoms with Crippen molar-refractivity contribution in [3.63, 3.8) is 0 Å². The van der Waals surface area contributed by atoms with Crippen LogP contribution in [-0.4, -0.2) is 23.9 Å². The Morgan fingerprint density at radius 3 is 0.640 bits per heavy atom. The second-order valence-corrected chi connectivity index (χ2v) is 3.46. The number of aliphatic carboxylic acids is 4. The molecule has 0 radical (unpaired) electrons. The molecule has 0 amide bonds. The minimum absolute atomic E-state index is 0. The van der Waals surface area contributed by atoms with Crippen molar-refractivity contribution in [3.05, 3.63) is 50.6 Å². The van der Waals surface area contributed by atoms with Crippen molar-refractivity contribution in [2.24, 2.45) is 0 Å². The Morgan fingerprint density at radius 1 is 0.520 bits per heavy atom. The molecule has 9 heteroatoms. The van der Waals surface area contributed by atoms with Crippen LogP contribution in [0.3, 0.4) is 0 Å².